The Balaban J connectivity index is 1.84. The van der Waals surface area contributed by atoms with Gasteiger partial charge in [-0.25, -0.2) is 13.8 Å². The summed E-state index contributed by atoms with van der Waals surface area (Å²) in [6.07, 6.45) is 8.11. The number of ether oxygens (including phenoxy) is 1. The van der Waals surface area contributed by atoms with Crippen LogP contribution in [0.25, 0.3) is 5.65 Å². The fraction of sp³-hybridized carbons (Fsp3) is 0.429. The molecule has 3 aromatic heterocycles. The number of imidazole rings is 1. The Labute approximate surface area is 212 Å². The zero-order valence-electron chi connectivity index (χ0n) is 21.9. The van der Waals surface area contributed by atoms with Crippen LogP contribution in [0.3, 0.4) is 0 Å². The van der Waals surface area contributed by atoms with E-state index in [4.69, 9.17) is 9.84 Å². The number of halogens is 2. The highest BCUT2D eigenvalue weighted by molar-refractivity contribution is 5.42. The van der Waals surface area contributed by atoms with Crippen LogP contribution in [0.4, 0.5) is 8.78 Å². The van der Waals surface area contributed by atoms with Gasteiger partial charge in [-0.2, -0.15) is 5.10 Å². The van der Waals surface area contributed by atoms with Gasteiger partial charge in [0.15, 0.2) is 11.7 Å². The topological polar surface area (TPSA) is 56.4 Å². The van der Waals surface area contributed by atoms with Crippen molar-refractivity contribution in [3.8, 4) is 0 Å². The van der Waals surface area contributed by atoms with E-state index in [9.17, 15) is 4.39 Å². The number of nitrogens with zero attached hydrogens (tertiary/aromatic N) is 4. The molecule has 3 heterocycles. The van der Waals surface area contributed by atoms with Gasteiger partial charge in [-0.3, -0.25) is 4.68 Å². The van der Waals surface area contributed by atoms with Crippen molar-refractivity contribution in [1.29, 1.82) is 0 Å². The van der Waals surface area contributed by atoms with E-state index in [-0.39, 0.29) is 18.8 Å². The second-order valence-corrected chi connectivity index (χ2v) is 9.27. The predicted octanol–water partition coefficient (Wildman–Crippen LogP) is 5.80. The van der Waals surface area contributed by atoms with Crippen LogP contribution in [0.15, 0.2) is 60.7 Å². The highest BCUT2D eigenvalue weighted by atomic mass is 19.2. The summed E-state index contributed by atoms with van der Waals surface area (Å²) in [7, 11) is 1.86. The van der Waals surface area contributed by atoms with Crippen molar-refractivity contribution in [2.45, 2.75) is 60.0 Å². The van der Waals surface area contributed by atoms with Gasteiger partial charge in [0.2, 0.25) is 0 Å². The summed E-state index contributed by atoms with van der Waals surface area (Å²) in [4.78, 5) is 4.39. The van der Waals surface area contributed by atoms with E-state index in [1.54, 1.807) is 6.20 Å². The Morgan fingerprint density at radius 3 is 2.72 bits per heavy atom. The molecule has 1 N–H and O–H groups in total. The maximum atomic E-state index is 15.0. The lowest BCUT2D eigenvalue weighted by Crippen LogP contribution is -2.09. The van der Waals surface area contributed by atoms with Gasteiger partial charge in [0.25, 0.3) is 0 Å². The largest absolute Gasteiger partial charge is 0.494 e. The minimum Gasteiger partial charge on any atom is -0.494 e. The molecule has 8 heteroatoms. The number of aromatic nitrogens is 4. The molecular weight excluding hydrogens is 460 g/mol. The summed E-state index contributed by atoms with van der Waals surface area (Å²) >= 11 is 0. The third kappa shape index (κ3) is 6.49. The summed E-state index contributed by atoms with van der Waals surface area (Å²) in [6.45, 7) is 13.1. The number of nitrogens with one attached hydrogen (secondary N) is 1. The lowest BCUT2D eigenvalue weighted by molar-refractivity contribution is 0.197. The normalized spacial score (nSPS) is 12.9. The average molecular weight is 498 g/mol. The summed E-state index contributed by atoms with van der Waals surface area (Å²) in [6, 6.07) is 3.73. The second-order valence-electron chi connectivity index (χ2n) is 9.27. The van der Waals surface area contributed by atoms with Gasteiger partial charge in [-0.05, 0) is 56.5 Å². The van der Waals surface area contributed by atoms with Gasteiger partial charge in [0.05, 0.1) is 30.7 Å². The molecule has 3 aromatic rings. The van der Waals surface area contributed by atoms with E-state index in [1.165, 1.54) is 6.92 Å². The van der Waals surface area contributed by atoms with Gasteiger partial charge in [0.1, 0.15) is 11.4 Å². The first-order valence-corrected chi connectivity index (χ1v) is 12.4. The number of fused-ring (bicyclic) bond motifs is 1. The zero-order valence-corrected chi connectivity index (χ0v) is 21.9. The van der Waals surface area contributed by atoms with Crippen molar-refractivity contribution in [2.24, 2.45) is 5.92 Å². The Hall–Kier alpha value is -3.26. The molecule has 0 aliphatic carbocycles. The second kappa shape index (κ2) is 12.6. The van der Waals surface area contributed by atoms with E-state index in [0.29, 0.717) is 25.4 Å². The first kappa shape index (κ1) is 27.3. The molecule has 3 rings (SSSR count). The maximum absolute atomic E-state index is 15.0. The molecule has 0 amide bonds. The standard InChI is InChI=1S/C28H37F2N5O/c1-7-12-35-20(5)23(25(33-35)14-19(3)4)11-13-36-26(28(30)24(29)8-2)15-21-9-10-27-32-17-22(16-31-6)34(27)18-21/h7-10,17-19,31H,1,11-16H2,2-6H3/b24-8+,28-26-. The molecule has 0 spiro atoms. The van der Waals surface area contributed by atoms with Crippen LogP contribution in [0, 0.1) is 12.8 Å². The summed E-state index contributed by atoms with van der Waals surface area (Å²) < 4.78 is 39.1. The van der Waals surface area contributed by atoms with Gasteiger partial charge in [0, 0.05) is 31.3 Å². The minimum absolute atomic E-state index is 0.0261. The molecular formula is C28H37F2N5O. The van der Waals surface area contributed by atoms with Crippen molar-refractivity contribution in [2.75, 3.05) is 13.7 Å². The van der Waals surface area contributed by atoms with E-state index >= 15 is 4.39 Å². The van der Waals surface area contributed by atoms with Crippen LogP contribution in [-0.2, 0) is 37.1 Å². The molecule has 0 saturated carbocycles. The summed E-state index contributed by atoms with van der Waals surface area (Å²) in [5, 5.41) is 7.86. The lowest BCUT2D eigenvalue weighted by atomic mass is 10.0. The summed E-state index contributed by atoms with van der Waals surface area (Å²) in [5.74, 6) is -1.49. The van der Waals surface area contributed by atoms with Crippen molar-refractivity contribution in [3.05, 3.63) is 88.9 Å². The molecule has 0 aliphatic rings. The van der Waals surface area contributed by atoms with Crippen LogP contribution in [0.5, 0.6) is 0 Å². The third-order valence-electron chi connectivity index (χ3n) is 6.02. The Morgan fingerprint density at radius 1 is 1.28 bits per heavy atom. The molecule has 0 aliphatic heterocycles. The minimum atomic E-state index is -0.972. The highest BCUT2D eigenvalue weighted by Crippen LogP contribution is 2.24. The quantitative estimate of drug-likeness (QED) is 0.184. The van der Waals surface area contributed by atoms with Gasteiger partial charge in [-0.1, -0.05) is 26.0 Å². The first-order valence-electron chi connectivity index (χ1n) is 12.4. The third-order valence-corrected chi connectivity index (χ3v) is 6.02. The van der Waals surface area contributed by atoms with Crippen LogP contribution in [0.1, 0.15) is 49.0 Å². The fourth-order valence-electron chi connectivity index (χ4n) is 4.23. The molecule has 0 bridgehead atoms. The zero-order chi connectivity index (χ0) is 26.2. The monoisotopic (exact) mass is 497 g/mol. The number of rotatable bonds is 13. The predicted molar refractivity (Wildman–Crippen MR) is 140 cm³/mol. The van der Waals surface area contributed by atoms with Crippen molar-refractivity contribution < 1.29 is 13.5 Å². The molecule has 36 heavy (non-hydrogen) atoms. The first-order chi connectivity index (χ1) is 17.3. The van der Waals surface area contributed by atoms with E-state index < -0.39 is 11.7 Å². The number of pyridine rings is 1. The molecule has 194 valence electrons. The van der Waals surface area contributed by atoms with Gasteiger partial charge >= 0.3 is 0 Å². The van der Waals surface area contributed by atoms with Crippen LogP contribution < -0.4 is 5.32 Å². The molecule has 0 aromatic carbocycles. The molecule has 0 unspecified atom stereocenters. The molecule has 6 nitrogen and oxygen atoms in total. The van der Waals surface area contributed by atoms with Gasteiger partial charge < -0.3 is 14.5 Å². The van der Waals surface area contributed by atoms with E-state index in [0.717, 1.165) is 46.4 Å². The molecule has 0 atom stereocenters. The fourth-order valence-corrected chi connectivity index (χ4v) is 4.23. The molecule has 0 radical (unpaired) electrons. The maximum Gasteiger partial charge on any atom is 0.196 e. The average Bonchev–Trinajstić information content (AvgIpc) is 3.38. The Kier molecular flexibility index (Phi) is 9.58. The number of hydrogen-bond acceptors (Lipinski definition) is 4. The molecule has 0 fully saturated rings. The van der Waals surface area contributed by atoms with Crippen molar-refractivity contribution in [3.63, 3.8) is 0 Å². The highest BCUT2D eigenvalue weighted by Gasteiger charge is 2.18. The van der Waals surface area contributed by atoms with Crippen molar-refractivity contribution >= 4 is 5.65 Å². The van der Waals surface area contributed by atoms with Crippen molar-refractivity contribution in [1.82, 2.24) is 24.5 Å². The van der Waals surface area contributed by atoms with E-state index in [2.05, 4.69) is 30.7 Å². The lowest BCUT2D eigenvalue weighted by Gasteiger charge is -2.14. The smallest absolute Gasteiger partial charge is 0.196 e. The Morgan fingerprint density at radius 2 is 2.06 bits per heavy atom. The van der Waals surface area contributed by atoms with E-state index in [1.807, 2.05) is 47.5 Å². The Bertz CT molecular complexity index is 1250. The number of hydrogen-bond donors (Lipinski definition) is 1. The van der Waals surface area contributed by atoms with Crippen LogP contribution in [0.2, 0.25) is 0 Å². The van der Waals surface area contributed by atoms with Crippen LogP contribution >= 0.6 is 0 Å². The number of allylic oxidation sites excluding steroid dienone is 5. The van der Waals surface area contributed by atoms with Gasteiger partial charge in [-0.15, -0.1) is 6.58 Å². The summed E-state index contributed by atoms with van der Waals surface area (Å²) in [5.41, 5.74) is 5.71. The van der Waals surface area contributed by atoms with Crippen LogP contribution in [-0.4, -0.2) is 32.8 Å². The molecule has 0 saturated heterocycles. The SMILES string of the molecule is C=CCn1nc(CC(C)C)c(CCO/C(Cc2ccc3ncc(CNC)n3c2)=C(F)/C(F)=C\C)c1C.